The molecule has 0 spiro atoms. The van der Waals surface area contributed by atoms with Crippen LogP contribution in [-0.4, -0.2) is 62.1 Å². The predicted molar refractivity (Wildman–Crippen MR) is 123 cm³/mol. The molecule has 8 nitrogen and oxygen atoms in total. The minimum Gasteiger partial charge on any atom is -0.459 e. The van der Waals surface area contributed by atoms with E-state index in [4.69, 9.17) is 4.42 Å². The first-order chi connectivity index (χ1) is 16.6. The zero-order chi connectivity index (χ0) is 23.5. The first kappa shape index (κ1) is 22.0. The fourth-order valence-corrected chi connectivity index (χ4v) is 4.29. The number of benzene rings is 2. The Morgan fingerprint density at radius 3 is 2.44 bits per heavy atom. The van der Waals surface area contributed by atoms with Gasteiger partial charge in [0.15, 0.2) is 11.6 Å². The van der Waals surface area contributed by atoms with Gasteiger partial charge in [-0.3, -0.25) is 9.69 Å². The summed E-state index contributed by atoms with van der Waals surface area (Å²) in [6.07, 6.45) is 1.51. The fourth-order valence-electron chi connectivity index (χ4n) is 4.29. The lowest BCUT2D eigenvalue weighted by molar-refractivity contribution is 0.0559. The smallest absolute Gasteiger partial charge is 0.289 e. The van der Waals surface area contributed by atoms with Gasteiger partial charge in [0.1, 0.15) is 5.82 Å². The summed E-state index contributed by atoms with van der Waals surface area (Å²) in [6.45, 7) is 4.95. The molecule has 9 heteroatoms. The van der Waals surface area contributed by atoms with Crippen LogP contribution in [0.15, 0.2) is 71.3 Å². The number of nitrogens with zero attached hydrogens (tertiary/aromatic N) is 6. The molecule has 0 aliphatic carbocycles. The third-order valence-corrected chi connectivity index (χ3v) is 6.14. The van der Waals surface area contributed by atoms with Gasteiger partial charge in [-0.15, -0.1) is 5.10 Å². The van der Waals surface area contributed by atoms with Gasteiger partial charge in [-0.25, -0.2) is 9.07 Å². The van der Waals surface area contributed by atoms with Crippen molar-refractivity contribution in [1.29, 1.82) is 0 Å². The van der Waals surface area contributed by atoms with Crippen molar-refractivity contribution in [3.05, 3.63) is 101 Å². The van der Waals surface area contributed by atoms with Crippen LogP contribution >= 0.6 is 0 Å². The summed E-state index contributed by atoms with van der Waals surface area (Å²) in [7, 11) is 0. The number of tetrazole rings is 1. The molecule has 0 saturated carbocycles. The molecular formula is C25H25FN6O2. The second-order valence-corrected chi connectivity index (χ2v) is 8.44. The molecule has 3 heterocycles. The number of halogens is 1. The number of carbonyl (C=O) groups excluding carboxylic acids is 1. The summed E-state index contributed by atoms with van der Waals surface area (Å²) in [5.41, 5.74) is 3.15. The van der Waals surface area contributed by atoms with Gasteiger partial charge in [0.2, 0.25) is 0 Å². The maximum absolute atomic E-state index is 13.4. The molecule has 4 aromatic rings. The van der Waals surface area contributed by atoms with E-state index in [1.807, 2.05) is 4.90 Å². The molecule has 0 bridgehead atoms. The van der Waals surface area contributed by atoms with Gasteiger partial charge in [0, 0.05) is 26.2 Å². The molecule has 1 aliphatic heterocycles. The van der Waals surface area contributed by atoms with Crippen molar-refractivity contribution >= 4 is 5.91 Å². The largest absolute Gasteiger partial charge is 0.459 e. The maximum Gasteiger partial charge on any atom is 0.289 e. The molecule has 0 N–H and O–H groups in total. The molecule has 34 heavy (non-hydrogen) atoms. The second-order valence-electron chi connectivity index (χ2n) is 8.44. The topological polar surface area (TPSA) is 80.3 Å². The highest BCUT2D eigenvalue weighted by atomic mass is 19.1. The maximum atomic E-state index is 13.4. The molecule has 1 saturated heterocycles. The Morgan fingerprint density at radius 2 is 1.76 bits per heavy atom. The van der Waals surface area contributed by atoms with Gasteiger partial charge in [-0.2, -0.15) is 0 Å². The molecule has 2 aromatic heterocycles. The van der Waals surface area contributed by atoms with Gasteiger partial charge in [0.25, 0.3) is 5.91 Å². The van der Waals surface area contributed by atoms with Crippen LogP contribution in [0.4, 0.5) is 4.39 Å². The van der Waals surface area contributed by atoms with Crippen molar-refractivity contribution in [3.8, 4) is 0 Å². The van der Waals surface area contributed by atoms with Crippen molar-refractivity contribution in [2.24, 2.45) is 0 Å². The molecule has 1 amide bonds. The van der Waals surface area contributed by atoms with E-state index in [1.165, 1.54) is 24.0 Å². The number of amides is 1. The van der Waals surface area contributed by atoms with Crippen molar-refractivity contribution in [2.75, 3.05) is 26.2 Å². The zero-order valence-corrected chi connectivity index (χ0v) is 18.8. The quantitative estimate of drug-likeness (QED) is 0.439. The predicted octanol–water partition coefficient (Wildman–Crippen LogP) is 3.31. The van der Waals surface area contributed by atoms with Crippen LogP contribution in [0.2, 0.25) is 0 Å². The summed E-state index contributed by atoms with van der Waals surface area (Å²) >= 11 is 0. The van der Waals surface area contributed by atoms with Gasteiger partial charge in [-0.1, -0.05) is 42.0 Å². The summed E-state index contributed by atoms with van der Waals surface area (Å²) in [4.78, 5) is 16.8. The lowest BCUT2D eigenvalue weighted by Crippen LogP contribution is -2.50. The number of furan rings is 1. The molecular weight excluding hydrogens is 435 g/mol. The van der Waals surface area contributed by atoms with E-state index in [-0.39, 0.29) is 17.8 Å². The Morgan fingerprint density at radius 1 is 1.03 bits per heavy atom. The van der Waals surface area contributed by atoms with E-state index < -0.39 is 0 Å². The number of rotatable bonds is 6. The molecule has 0 unspecified atom stereocenters. The summed E-state index contributed by atoms with van der Waals surface area (Å²) < 4.78 is 20.4. The monoisotopic (exact) mass is 460 g/mol. The van der Waals surface area contributed by atoms with Gasteiger partial charge in [0.05, 0.1) is 18.8 Å². The minimum absolute atomic E-state index is 0.0994. The lowest BCUT2D eigenvalue weighted by Gasteiger charge is -2.38. The van der Waals surface area contributed by atoms with Crippen LogP contribution in [0.5, 0.6) is 0 Å². The number of hydrogen-bond donors (Lipinski definition) is 0. The Labute approximate surface area is 196 Å². The van der Waals surface area contributed by atoms with Crippen LogP contribution in [0.1, 0.15) is 39.1 Å². The average molecular weight is 461 g/mol. The average Bonchev–Trinajstić information content (AvgIpc) is 3.55. The van der Waals surface area contributed by atoms with E-state index in [2.05, 4.69) is 51.6 Å². The SMILES string of the molecule is Cc1ccc([C@@H](c2nnnn2Cc2ccc(F)cc2)N2CCN(C(=O)c3ccco3)CC2)cc1. The highest BCUT2D eigenvalue weighted by Crippen LogP contribution is 2.29. The van der Waals surface area contributed by atoms with Crippen LogP contribution in [0, 0.1) is 12.7 Å². The van der Waals surface area contributed by atoms with Crippen molar-refractivity contribution in [1.82, 2.24) is 30.0 Å². The van der Waals surface area contributed by atoms with Crippen LogP contribution in [-0.2, 0) is 6.54 Å². The molecule has 174 valence electrons. The van der Waals surface area contributed by atoms with Gasteiger partial charge < -0.3 is 9.32 Å². The molecule has 2 aromatic carbocycles. The van der Waals surface area contributed by atoms with E-state index in [0.29, 0.717) is 44.3 Å². The lowest BCUT2D eigenvalue weighted by atomic mass is 10.0. The molecule has 1 fully saturated rings. The minimum atomic E-state index is -0.278. The van der Waals surface area contributed by atoms with E-state index in [0.717, 1.165) is 11.1 Å². The Balaban J connectivity index is 1.40. The van der Waals surface area contributed by atoms with Crippen molar-refractivity contribution in [2.45, 2.75) is 19.5 Å². The van der Waals surface area contributed by atoms with E-state index >= 15 is 0 Å². The van der Waals surface area contributed by atoms with Crippen LogP contribution < -0.4 is 0 Å². The molecule has 1 atom stereocenters. The molecule has 5 rings (SSSR count). The van der Waals surface area contributed by atoms with E-state index in [9.17, 15) is 9.18 Å². The number of aromatic nitrogens is 4. The first-order valence-corrected chi connectivity index (χ1v) is 11.2. The fraction of sp³-hybridized carbons (Fsp3) is 0.280. The van der Waals surface area contributed by atoms with Gasteiger partial charge >= 0.3 is 0 Å². The van der Waals surface area contributed by atoms with Crippen molar-refractivity contribution < 1.29 is 13.6 Å². The standard InChI is InChI=1S/C25H25FN6O2/c1-18-4-8-20(9-5-18)23(24-27-28-29-32(24)17-19-6-10-21(26)11-7-19)30-12-14-31(15-13-30)25(33)22-3-2-16-34-22/h2-11,16,23H,12-15,17H2,1H3/t23-/m0/s1. The third kappa shape index (κ3) is 4.60. The van der Waals surface area contributed by atoms with Crippen LogP contribution in [0.25, 0.3) is 0 Å². The third-order valence-electron chi connectivity index (χ3n) is 6.14. The highest BCUT2D eigenvalue weighted by Gasteiger charge is 2.32. The Kier molecular flexibility index (Phi) is 6.18. The van der Waals surface area contributed by atoms with Gasteiger partial charge in [-0.05, 0) is 52.7 Å². The number of aryl methyl sites for hydroxylation is 1. The zero-order valence-electron chi connectivity index (χ0n) is 18.8. The molecule has 0 radical (unpaired) electrons. The number of carbonyl (C=O) groups is 1. The second kappa shape index (κ2) is 9.56. The number of hydrogen-bond acceptors (Lipinski definition) is 6. The first-order valence-electron chi connectivity index (χ1n) is 11.2. The molecule has 1 aliphatic rings. The number of piperazine rings is 1. The summed E-state index contributed by atoms with van der Waals surface area (Å²) in [5, 5.41) is 12.6. The summed E-state index contributed by atoms with van der Waals surface area (Å²) in [6, 6.07) is 17.9. The van der Waals surface area contributed by atoms with E-state index in [1.54, 1.807) is 28.9 Å². The van der Waals surface area contributed by atoms with Crippen molar-refractivity contribution in [3.63, 3.8) is 0 Å². The highest BCUT2D eigenvalue weighted by molar-refractivity contribution is 5.91. The summed E-state index contributed by atoms with van der Waals surface area (Å²) in [5.74, 6) is 0.684. The Hall–Kier alpha value is -3.85. The normalized spacial score (nSPS) is 15.4. The van der Waals surface area contributed by atoms with Crippen LogP contribution in [0.3, 0.4) is 0 Å². The Bertz CT molecular complexity index is 1230.